The fourth-order valence-corrected chi connectivity index (χ4v) is 6.38. The van der Waals surface area contributed by atoms with E-state index in [-0.39, 0.29) is 33.2 Å². The molecule has 0 N–H and O–H groups in total. The van der Waals surface area contributed by atoms with Gasteiger partial charge < -0.3 is 14.2 Å². The average molecular weight is 746 g/mol. The maximum atomic E-state index is 6.57. The van der Waals surface area contributed by atoms with Gasteiger partial charge in [0.25, 0.3) is 0 Å². The van der Waals surface area contributed by atoms with Gasteiger partial charge in [0.15, 0.2) is 0 Å². The number of para-hydroxylation sites is 1. The van der Waals surface area contributed by atoms with Crippen LogP contribution in [0.2, 0.25) is 0 Å². The number of aromatic nitrogens is 2. The smallest absolute Gasteiger partial charge is 0.518 e. The molecule has 2 aliphatic heterocycles. The summed E-state index contributed by atoms with van der Waals surface area (Å²) in [5.41, 5.74) is 5.75. The normalized spacial score (nSPS) is 12.8. The second kappa shape index (κ2) is 10.1. The molecule has 0 radical (unpaired) electrons. The first-order valence-electron chi connectivity index (χ1n) is 13.5. The second-order valence-corrected chi connectivity index (χ2v) is 12.3. The number of rotatable bonds is 3. The minimum absolute atomic E-state index is 0. The van der Waals surface area contributed by atoms with Crippen molar-refractivity contribution in [2.24, 2.45) is 0 Å². The Hall–Kier alpha value is -3.93. The third-order valence-electron chi connectivity index (χ3n) is 7.50. The molecular formula is C34H23BN2O3PtS. The van der Waals surface area contributed by atoms with E-state index in [0.717, 1.165) is 65.7 Å². The Bertz CT molecular complexity index is 1940. The van der Waals surface area contributed by atoms with Gasteiger partial charge in [-0.3, -0.25) is 4.98 Å². The van der Waals surface area contributed by atoms with E-state index in [1.807, 2.05) is 60.7 Å². The summed E-state index contributed by atoms with van der Waals surface area (Å²) in [6, 6.07) is 33.1. The van der Waals surface area contributed by atoms with E-state index in [9.17, 15) is 0 Å². The zero-order chi connectivity index (χ0) is 27.7. The molecule has 5 nitrogen and oxygen atoms in total. The number of pyridine rings is 1. The average Bonchev–Trinajstić information content (AvgIpc) is 3.41. The van der Waals surface area contributed by atoms with Gasteiger partial charge in [-0.2, -0.15) is 11.3 Å². The largest absolute Gasteiger partial charge is 2.00 e. The molecule has 0 amide bonds. The van der Waals surface area contributed by atoms with Crippen LogP contribution in [0.25, 0.3) is 20.8 Å². The summed E-state index contributed by atoms with van der Waals surface area (Å²) in [4.78, 5) is 9.20. The number of thiazole rings is 1. The van der Waals surface area contributed by atoms with Gasteiger partial charge in [0, 0.05) is 44.7 Å². The van der Waals surface area contributed by atoms with Gasteiger partial charge in [-0.05, 0) is 41.3 Å². The molecule has 0 atom stereocenters. The Kier molecular flexibility index (Phi) is 6.49. The van der Waals surface area contributed by atoms with Crippen molar-refractivity contribution in [3.8, 4) is 45.2 Å². The topological polar surface area (TPSA) is 53.5 Å². The van der Waals surface area contributed by atoms with Gasteiger partial charge >= 0.3 is 21.1 Å². The van der Waals surface area contributed by atoms with Gasteiger partial charge in [-0.25, -0.2) is 4.98 Å². The number of nitrogens with zero attached hydrogens (tertiary/aromatic N) is 2. The van der Waals surface area contributed by atoms with Crippen molar-refractivity contribution in [2.45, 2.75) is 26.2 Å². The summed E-state index contributed by atoms with van der Waals surface area (Å²) in [6.07, 6.45) is 1.71. The Morgan fingerprint density at radius 2 is 1.52 bits per heavy atom. The van der Waals surface area contributed by atoms with Crippen LogP contribution >= 0.6 is 11.3 Å². The van der Waals surface area contributed by atoms with Gasteiger partial charge in [-0.1, -0.05) is 39.0 Å². The van der Waals surface area contributed by atoms with Gasteiger partial charge in [0.2, 0.25) is 12.6 Å². The standard InChI is InChI=1S/C34H23BN2O3S.Pt/c1-34(2,3)21-17-28-32-29(18-21)40-27-14-12-22(38-31-10-6-7-15-36-31)19-24(27)35(32)23-16-20(11-13-26(23)39-28)33-37-25-8-4-5-9-30(25)41-33;/h4-15,17-18H,1-3H3;/q-2;+2. The monoisotopic (exact) mass is 745 g/mol. The zero-order valence-corrected chi connectivity index (χ0v) is 26.1. The third-order valence-corrected chi connectivity index (χ3v) is 8.57. The Morgan fingerprint density at radius 1 is 0.810 bits per heavy atom. The molecule has 0 saturated carbocycles. The van der Waals surface area contributed by atoms with Crippen molar-refractivity contribution in [3.05, 3.63) is 103 Å². The Balaban J connectivity index is 0.00000288. The maximum Gasteiger partial charge on any atom is 2.00 e. The van der Waals surface area contributed by atoms with Crippen molar-refractivity contribution in [2.75, 3.05) is 0 Å². The number of benzene rings is 4. The molecule has 2 aromatic heterocycles. The van der Waals surface area contributed by atoms with Crippen molar-refractivity contribution >= 4 is 44.7 Å². The van der Waals surface area contributed by atoms with Crippen LogP contribution < -0.4 is 30.6 Å². The zero-order valence-electron chi connectivity index (χ0n) is 23.0. The van der Waals surface area contributed by atoms with Crippen LogP contribution in [0.1, 0.15) is 26.3 Å². The Labute approximate surface area is 262 Å². The van der Waals surface area contributed by atoms with Crippen molar-refractivity contribution < 1.29 is 35.3 Å². The van der Waals surface area contributed by atoms with Crippen LogP contribution in [-0.4, -0.2) is 16.7 Å². The molecule has 0 saturated heterocycles. The van der Waals surface area contributed by atoms with Crippen LogP contribution in [0.15, 0.2) is 85.1 Å². The van der Waals surface area contributed by atoms with Crippen molar-refractivity contribution in [1.29, 1.82) is 0 Å². The molecule has 0 fully saturated rings. The van der Waals surface area contributed by atoms with Gasteiger partial charge in [0.1, 0.15) is 11.5 Å². The summed E-state index contributed by atoms with van der Waals surface area (Å²) in [5.74, 6) is 4.16. The van der Waals surface area contributed by atoms with Crippen LogP contribution in [0, 0.1) is 12.1 Å². The van der Waals surface area contributed by atoms with Gasteiger partial charge in [-0.15, -0.1) is 52.9 Å². The number of fused-ring (bicyclic) bond motifs is 5. The molecule has 0 spiro atoms. The molecule has 6 aromatic rings. The number of hydrogen-bond acceptors (Lipinski definition) is 6. The SMILES string of the molecule is CC(C)(C)c1cc2c3c(c1)Oc1ccc(-c4nc5ccccc5s4)[c-]c1B3c1[c-]c(Oc3ccccn3)ccc1O2.[Pt+2]. The third kappa shape index (κ3) is 4.52. The minimum atomic E-state index is -0.205. The van der Waals surface area contributed by atoms with Crippen molar-refractivity contribution in [3.63, 3.8) is 0 Å². The van der Waals surface area contributed by atoms with E-state index in [2.05, 4.69) is 56.1 Å². The van der Waals surface area contributed by atoms with Crippen LogP contribution in [0.5, 0.6) is 34.6 Å². The van der Waals surface area contributed by atoms with E-state index in [4.69, 9.17) is 19.2 Å². The van der Waals surface area contributed by atoms with Crippen LogP contribution in [-0.2, 0) is 26.5 Å². The molecule has 206 valence electrons. The molecular weight excluding hydrogens is 722 g/mol. The quantitative estimate of drug-likeness (QED) is 0.148. The fourth-order valence-electron chi connectivity index (χ4n) is 5.43. The number of ether oxygens (including phenoxy) is 3. The fraction of sp³-hybridized carbons (Fsp3) is 0.118. The molecule has 42 heavy (non-hydrogen) atoms. The first-order valence-corrected chi connectivity index (χ1v) is 14.3. The molecule has 0 unspecified atom stereocenters. The molecule has 8 rings (SSSR count). The second-order valence-electron chi connectivity index (χ2n) is 11.3. The predicted molar refractivity (Wildman–Crippen MR) is 163 cm³/mol. The summed E-state index contributed by atoms with van der Waals surface area (Å²) in [7, 11) is 0. The molecule has 0 aliphatic carbocycles. The van der Waals surface area contributed by atoms with E-state index >= 15 is 0 Å². The van der Waals surface area contributed by atoms with Crippen molar-refractivity contribution in [1.82, 2.24) is 9.97 Å². The summed E-state index contributed by atoms with van der Waals surface area (Å²) in [5, 5.41) is 0.923. The molecule has 0 bridgehead atoms. The molecule has 8 heteroatoms. The number of hydrogen-bond donors (Lipinski definition) is 0. The van der Waals surface area contributed by atoms with Crippen LogP contribution in [0.4, 0.5) is 0 Å². The molecule has 4 aromatic carbocycles. The van der Waals surface area contributed by atoms with E-state index in [1.54, 1.807) is 17.5 Å². The van der Waals surface area contributed by atoms with E-state index in [0.29, 0.717) is 11.6 Å². The van der Waals surface area contributed by atoms with Gasteiger partial charge in [0.05, 0.1) is 5.52 Å². The first kappa shape index (κ1) is 26.9. The first-order chi connectivity index (χ1) is 19.9. The molecule has 2 aliphatic rings. The summed E-state index contributed by atoms with van der Waals surface area (Å²) >= 11 is 1.66. The summed E-state index contributed by atoms with van der Waals surface area (Å²) < 4.78 is 20.3. The van der Waals surface area contributed by atoms with E-state index < -0.39 is 0 Å². The minimum Gasteiger partial charge on any atom is -0.518 e. The maximum absolute atomic E-state index is 6.57. The predicted octanol–water partition coefficient (Wildman–Crippen LogP) is 6.77. The summed E-state index contributed by atoms with van der Waals surface area (Å²) in [6.45, 7) is 6.38. The molecule has 4 heterocycles. The van der Waals surface area contributed by atoms with E-state index in [1.165, 1.54) is 0 Å². The Morgan fingerprint density at radius 3 is 2.24 bits per heavy atom. The van der Waals surface area contributed by atoms with Crippen LogP contribution in [0.3, 0.4) is 0 Å².